The minimum absolute atomic E-state index is 0.212. The van der Waals surface area contributed by atoms with Gasteiger partial charge in [0.1, 0.15) is 18.4 Å². The summed E-state index contributed by atoms with van der Waals surface area (Å²) in [5.41, 5.74) is 5.41. The number of likely N-dealkylation sites (tertiary alicyclic amines) is 1. The number of hydrogen-bond acceptors (Lipinski definition) is 4. The third-order valence-corrected chi connectivity index (χ3v) is 5.87. The third kappa shape index (κ3) is 3.64. The molecule has 0 bridgehead atoms. The molecule has 1 N–H and O–H groups in total. The number of nitrogens with zero attached hydrogens (tertiary/aromatic N) is 2. The van der Waals surface area contributed by atoms with Crippen molar-refractivity contribution in [1.82, 2.24) is 4.90 Å². The molecule has 1 fully saturated rings. The van der Waals surface area contributed by atoms with Gasteiger partial charge in [-0.15, -0.1) is 0 Å². The van der Waals surface area contributed by atoms with Crippen molar-refractivity contribution in [3.8, 4) is 11.1 Å². The van der Waals surface area contributed by atoms with Gasteiger partial charge in [-0.3, -0.25) is 4.90 Å². The number of oxime groups is 1. The fraction of sp³-hybridized carbons (Fsp3) is 0.435. The summed E-state index contributed by atoms with van der Waals surface area (Å²) < 4.78 is 0. The van der Waals surface area contributed by atoms with E-state index in [0.717, 1.165) is 16.8 Å². The Bertz CT molecular complexity index is 775. The number of aliphatic hydroxyl groups is 1. The molecule has 0 amide bonds. The lowest BCUT2D eigenvalue weighted by atomic mass is 9.97. The Hall–Kier alpha value is -2.17. The largest absolute Gasteiger partial charge is 0.392 e. The van der Waals surface area contributed by atoms with E-state index in [1.807, 2.05) is 24.3 Å². The first-order valence-electron chi connectivity index (χ1n) is 9.98. The highest BCUT2D eigenvalue weighted by molar-refractivity contribution is 6.24. The summed E-state index contributed by atoms with van der Waals surface area (Å²) in [6, 6.07) is 17.5. The van der Waals surface area contributed by atoms with E-state index in [1.54, 1.807) is 0 Å². The van der Waals surface area contributed by atoms with Crippen LogP contribution in [-0.2, 0) is 4.84 Å². The van der Waals surface area contributed by atoms with Gasteiger partial charge in [-0.1, -0.05) is 60.1 Å². The number of fused-ring (bicyclic) bond motifs is 3. The highest BCUT2D eigenvalue weighted by atomic mass is 16.6. The van der Waals surface area contributed by atoms with Crippen molar-refractivity contribution in [2.75, 3.05) is 13.2 Å². The third-order valence-electron chi connectivity index (χ3n) is 5.87. The van der Waals surface area contributed by atoms with Crippen molar-refractivity contribution in [1.29, 1.82) is 0 Å². The average molecular weight is 364 g/mol. The Labute approximate surface area is 161 Å². The van der Waals surface area contributed by atoms with Crippen LogP contribution in [0, 0.1) is 0 Å². The number of aliphatic hydroxyl groups excluding tert-OH is 1. The number of rotatable bonds is 5. The molecule has 1 heterocycles. The lowest BCUT2D eigenvalue weighted by molar-refractivity contribution is -0.00746. The second kappa shape index (κ2) is 7.83. The first kappa shape index (κ1) is 18.2. The first-order valence-corrected chi connectivity index (χ1v) is 9.98. The van der Waals surface area contributed by atoms with Gasteiger partial charge >= 0.3 is 0 Å². The molecule has 27 heavy (non-hydrogen) atoms. The fourth-order valence-corrected chi connectivity index (χ4v) is 4.41. The Morgan fingerprint density at radius 2 is 1.48 bits per heavy atom. The van der Waals surface area contributed by atoms with E-state index in [1.165, 1.54) is 30.4 Å². The van der Waals surface area contributed by atoms with E-state index >= 15 is 0 Å². The Balaban J connectivity index is 1.44. The van der Waals surface area contributed by atoms with Gasteiger partial charge < -0.3 is 9.94 Å². The Kier molecular flexibility index (Phi) is 5.28. The van der Waals surface area contributed by atoms with Gasteiger partial charge in [0.25, 0.3) is 0 Å². The molecule has 2 aliphatic rings. The molecule has 2 aromatic rings. The lowest BCUT2D eigenvalue weighted by Crippen LogP contribution is -2.48. The van der Waals surface area contributed by atoms with E-state index in [-0.39, 0.29) is 6.61 Å². The predicted molar refractivity (Wildman–Crippen MR) is 109 cm³/mol. The molecule has 0 unspecified atom stereocenters. The first-order chi connectivity index (χ1) is 13.1. The van der Waals surface area contributed by atoms with Crippen molar-refractivity contribution in [2.45, 2.75) is 51.3 Å². The fourth-order valence-electron chi connectivity index (χ4n) is 4.41. The maximum atomic E-state index is 10.5. The molecule has 1 saturated heterocycles. The van der Waals surface area contributed by atoms with E-state index in [0.29, 0.717) is 18.6 Å². The standard InChI is InChI=1S/C23H28N2O2/c1-16-8-7-9-17(2)25(16)14-18(26)15-27-24-23-21-12-5-3-10-19(21)20-11-4-6-13-22(20)23/h3-6,10-13,16-18,26H,7-9,14-15H2,1-2H3/t16-,17+,18-/m0/s1. The van der Waals surface area contributed by atoms with Crippen LogP contribution in [0.25, 0.3) is 11.1 Å². The van der Waals surface area contributed by atoms with Crippen LogP contribution in [-0.4, -0.2) is 47.1 Å². The molecular weight excluding hydrogens is 336 g/mol. The SMILES string of the molecule is C[C@@H]1CCC[C@H](C)N1C[C@H](O)CON=C1c2ccccc2-c2ccccc21. The normalized spacial score (nSPS) is 22.9. The molecular formula is C23H28N2O2. The van der Waals surface area contributed by atoms with E-state index in [2.05, 4.69) is 48.2 Å². The second-order valence-electron chi connectivity index (χ2n) is 7.81. The van der Waals surface area contributed by atoms with Gasteiger partial charge in [0, 0.05) is 29.8 Å². The van der Waals surface area contributed by atoms with Gasteiger partial charge in [-0.25, -0.2) is 0 Å². The number of hydrogen-bond donors (Lipinski definition) is 1. The molecule has 0 saturated carbocycles. The molecule has 1 aliphatic carbocycles. The summed E-state index contributed by atoms with van der Waals surface area (Å²) in [5, 5.41) is 14.9. The number of β-amino-alcohol motifs (C(OH)–C–C–N with tert-alkyl or cyclic N) is 1. The summed E-state index contributed by atoms with van der Waals surface area (Å²) in [6.07, 6.45) is 3.14. The molecule has 142 valence electrons. The molecule has 0 aromatic heterocycles. The van der Waals surface area contributed by atoms with E-state index in [9.17, 15) is 5.11 Å². The van der Waals surface area contributed by atoms with Gasteiger partial charge in [0.2, 0.25) is 0 Å². The van der Waals surface area contributed by atoms with Crippen LogP contribution >= 0.6 is 0 Å². The summed E-state index contributed by atoms with van der Waals surface area (Å²) in [7, 11) is 0. The van der Waals surface area contributed by atoms with Crippen molar-refractivity contribution in [3.05, 3.63) is 59.7 Å². The number of benzene rings is 2. The van der Waals surface area contributed by atoms with Crippen LogP contribution in [0.4, 0.5) is 0 Å². The Morgan fingerprint density at radius 1 is 0.963 bits per heavy atom. The van der Waals surface area contributed by atoms with Crippen LogP contribution < -0.4 is 0 Å². The average Bonchev–Trinajstić information content (AvgIpc) is 2.99. The van der Waals surface area contributed by atoms with Crippen molar-refractivity contribution < 1.29 is 9.94 Å². The molecule has 4 nitrogen and oxygen atoms in total. The van der Waals surface area contributed by atoms with Gasteiger partial charge in [-0.2, -0.15) is 0 Å². The Morgan fingerprint density at radius 3 is 2.04 bits per heavy atom. The quantitative estimate of drug-likeness (QED) is 0.695. The predicted octanol–water partition coefficient (Wildman–Crippen LogP) is 4.06. The summed E-state index contributed by atoms with van der Waals surface area (Å²) in [5.74, 6) is 0. The van der Waals surface area contributed by atoms with E-state index in [4.69, 9.17) is 4.84 Å². The maximum absolute atomic E-state index is 10.5. The second-order valence-corrected chi connectivity index (χ2v) is 7.81. The highest BCUT2D eigenvalue weighted by Crippen LogP contribution is 2.36. The van der Waals surface area contributed by atoms with Crippen LogP contribution in [0.3, 0.4) is 0 Å². The van der Waals surface area contributed by atoms with Gasteiger partial charge in [-0.05, 0) is 37.8 Å². The van der Waals surface area contributed by atoms with Gasteiger partial charge in [0.05, 0.1) is 0 Å². The summed E-state index contributed by atoms with van der Waals surface area (Å²) in [6.45, 7) is 5.34. The zero-order chi connectivity index (χ0) is 18.8. The van der Waals surface area contributed by atoms with Crippen LogP contribution in [0.2, 0.25) is 0 Å². The molecule has 3 atom stereocenters. The minimum atomic E-state index is -0.538. The molecule has 2 aromatic carbocycles. The van der Waals surface area contributed by atoms with Crippen LogP contribution in [0.1, 0.15) is 44.2 Å². The topological polar surface area (TPSA) is 45.1 Å². The monoisotopic (exact) mass is 364 g/mol. The molecule has 0 spiro atoms. The summed E-state index contributed by atoms with van der Waals surface area (Å²) >= 11 is 0. The maximum Gasteiger partial charge on any atom is 0.144 e. The van der Waals surface area contributed by atoms with E-state index < -0.39 is 6.10 Å². The zero-order valence-electron chi connectivity index (χ0n) is 16.1. The minimum Gasteiger partial charge on any atom is -0.392 e. The van der Waals surface area contributed by atoms with Crippen LogP contribution in [0.15, 0.2) is 53.7 Å². The lowest BCUT2D eigenvalue weighted by Gasteiger charge is -2.39. The van der Waals surface area contributed by atoms with Crippen molar-refractivity contribution >= 4 is 5.71 Å². The van der Waals surface area contributed by atoms with Crippen LogP contribution in [0.5, 0.6) is 0 Å². The zero-order valence-corrected chi connectivity index (χ0v) is 16.1. The van der Waals surface area contributed by atoms with Gasteiger partial charge in [0.15, 0.2) is 0 Å². The molecule has 1 aliphatic heterocycles. The van der Waals surface area contributed by atoms with Crippen molar-refractivity contribution in [3.63, 3.8) is 0 Å². The summed E-state index contributed by atoms with van der Waals surface area (Å²) in [4.78, 5) is 8.01. The molecule has 4 rings (SSSR count). The molecule has 0 radical (unpaired) electrons. The molecule has 4 heteroatoms. The number of piperidine rings is 1. The smallest absolute Gasteiger partial charge is 0.144 e. The van der Waals surface area contributed by atoms with Crippen molar-refractivity contribution in [2.24, 2.45) is 5.16 Å². The highest BCUT2D eigenvalue weighted by Gasteiger charge is 2.27.